The van der Waals surface area contributed by atoms with Gasteiger partial charge >= 0.3 is 6.03 Å². The Morgan fingerprint density at radius 3 is 2.95 bits per heavy atom. The molecule has 0 aliphatic heterocycles. The summed E-state index contributed by atoms with van der Waals surface area (Å²) in [4.78, 5) is 16.4. The van der Waals surface area contributed by atoms with Crippen LogP contribution in [0.5, 0.6) is 0 Å². The van der Waals surface area contributed by atoms with Gasteiger partial charge in [0.15, 0.2) is 0 Å². The highest BCUT2D eigenvalue weighted by Crippen LogP contribution is 2.36. The Balaban J connectivity index is 1.78. The molecular formula is C17H19N3O2. The second kappa shape index (κ2) is 5.77. The summed E-state index contributed by atoms with van der Waals surface area (Å²) in [6.45, 7) is 1.75. The second-order valence-corrected chi connectivity index (χ2v) is 5.66. The van der Waals surface area contributed by atoms with Gasteiger partial charge in [0, 0.05) is 17.6 Å². The van der Waals surface area contributed by atoms with Crippen LogP contribution in [0.4, 0.5) is 10.5 Å². The number of pyridine rings is 1. The molecule has 114 valence electrons. The van der Waals surface area contributed by atoms with Crippen molar-refractivity contribution in [2.45, 2.75) is 25.3 Å². The van der Waals surface area contributed by atoms with Gasteiger partial charge in [-0.05, 0) is 43.0 Å². The first-order chi connectivity index (χ1) is 10.6. The topological polar surface area (TPSA) is 74.2 Å². The number of nitrogens with zero attached hydrogens (tertiary/aromatic N) is 1. The fourth-order valence-corrected chi connectivity index (χ4v) is 3.02. The maximum Gasteiger partial charge on any atom is 0.320 e. The van der Waals surface area contributed by atoms with Crippen molar-refractivity contribution in [2.24, 2.45) is 0 Å². The number of fused-ring (bicyclic) bond motifs is 1. The number of aliphatic hydroxyl groups excluding tert-OH is 1. The zero-order valence-electron chi connectivity index (χ0n) is 12.5. The van der Waals surface area contributed by atoms with Gasteiger partial charge in [-0.3, -0.25) is 4.98 Å². The van der Waals surface area contributed by atoms with Crippen molar-refractivity contribution in [1.82, 2.24) is 10.3 Å². The van der Waals surface area contributed by atoms with E-state index >= 15 is 0 Å². The van der Waals surface area contributed by atoms with Crippen LogP contribution >= 0.6 is 0 Å². The number of urea groups is 1. The molecule has 0 fully saturated rings. The Bertz CT molecular complexity index is 702. The van der Waals surface area contributed by atoms with Gasteiger partial charge in [-0.1, -0.05) is 24.3 Å². The first kappa shape index (κ1) is 14.5. The van der Waals surface area contributed by atoms with Crippen LogP contribution in [0.2, 0.25) is 0 Å². The minimum atomic E-state index is -0.706. The predicted molar refractivity (Wildman–Crippen MR) is 84.7 cm³/mol. The molecule has 1 aromatic heterocycles. The lowest BCUT2D eigenvalue weighted by molar-refractivity contribution is 0.164. The van der Waals surface area contributed by atoms with Gasteiger partial charge in [-0.2, -0.15) is 0 Å². The highest BCUT2D eigenvalue weighted by Gasteiger charge is 2.39. The van der Waals surface area contributed by atoms with Crippen LogP contribution in [0.3, 0.4) is 0 Å². The Labute approximate surface area is 129 Å². The Morgan fingerprint density at radius 1 is 1.36 bits per heavy atom. The number of hydrogen-bond donors (Lipinski definition) is 3. The maximum absolute atomic E-state index is 12.3. The fraction of sp³-hybridized carbons (Fsp3) is 0.294. The van der Waals surface area contributed by atoms with E-state index < -0.39 is 5.54 Å². The van der Waals surface area contributed by atoms with Gasteiger partial charge in [0.05, 0.1) is 12.1 Å². The minimum Gasteiger partial charge on any atom is -0.394 e. The van der Waals surface area contributed by atoms with Crippen LogP contribution in [0.1, 0.15) is 23.2 Å². The number of carbonyl (C=O) groups excluding carboxylic acids is 1. The van der Waals surface area contributed by atoms with Gasteiger partial charge < -0.3 is 15.7 Å². The van der Waals surface area contributed by atoms with E-state index in [0.717, 1.165) is 17.7 Å². The number of aliphatic hydroxyl groups is 1. The quantitative estimate of drug-likeness (QED) is 0.814. The SMILES string of the molecule is Cc1cc(NC(=O)NC2(CO)CCc3ccccc32)ccn1. The number of carbonyl (C=O) groups is 1. The zero-order chi connectivity index (χ0) is 15.6. The highest BCUT2D eigenvalue weighted by molar-refractivity contribution is 5.90. The van der Waals surface area contributed by atoms with Crippen molar-refractivity contribution < 1.29 is 9.90 Å². The number of aromatic nitrogens is 1. The normalized spacial score (nSPS) is 19.5. The lowest BCUT2D eigenvalue weighted by atomic mass is 9.93. The monoisotopic (exact) mass is 297 g/mol. The molecule has 1 aliphatic carbocycles. The summed E-state index contributed by atoms with van der Waals surface area (Å²) in [6.07, 6.45) is 3.20. The molecular weight excluding hydrogens is 278 g/mol. The molecule has 3 rings (SSSR count). The van der Waals surface area contributed by atoms with E-state index in [4.69, 9.17) is 0 Å². The summed E-state index contributed by atoms with van der Waals surface area (Å²) in [5, 5.41) is 15.6. The van der Waals surface area contributed by atoms with Crippen LogP contribution in [0.15, 0.2) is 42.6 Å². The molecule has 1 unspecified atom stereocenters. The largest absolute Gasteiger partial charge is 0.394 e. The molecule has 5 heteroatoms. The fourth-order valence-electron chi connectivity index (χ4n) is 3.02. The number of rotatable bonds is 3. The molecule has 0 radical (unpaired) electrons. The molecule has 2 aromatic rings. The minimum absolute atomic E-state index is 0.118. The molecule has 3 N–H and O–H groups in total. The van der Waals surface area contributed by atoms with E-state index in [1.165, 1.54) is 5.56 Å². The smallest absolute Gasteiger partial charge is 0.320 e. The van der Waals surface area contributed by atoms with Gasteiger partial charge in [0.1, 0.15) is 0 Å². The third-order valence-corrected chi connectivity index (χ3v) is 4.13. The number of amides is 2. The van der Waals surface area contributed by atoms with E-state index in [-0.39, 0.29) is 12.6 Å². The van der Waals surface area contributed by atoms with Crippen molar-refractivity contribution in [3.05, 3.63) is 59.4 Å². The molecule has 2 amide bonds. The average Bonchev–Trinajstić information content (AvgIpc) is 2.87. The summed E-state index contributed by atoms with van der Waals surface area (Å²) < 4.78 is 0. The van der Waals surface area contributed by atoms with Crippen LogP contribution in [-0.4, -0.2) is 22.7 Å². The van der Waals surface area contributed by atoms with Crippen molar-refractivity contribution >= 4 is 11.7 Å². The first-order valence-corrected chi connectivity index (χ1v) is 7.34. The van der Waals surface area contributed by atoms with Gasteiger partial charge in [-0.25, -0.2) is 4.79 Å². The molecule has 0 bridgehead atoms. The summed E-state index contributed by atoms with van der Waals surface area (Å²) in [5.74, 6) is 0. The van der Waals surface area contributed by atoms with Crippen LogP contribution in [0, 0.1) is 6.92 Å². The molecule has 0 saturated heterocycles. The molecule has 1 aromatic carbocycles. The second-order valence-electron chi connectivity index (χ2n) is 5.66. The number of aryl methyl sites for hydroxylation is 2. The number of nitrogens with one attached hydrogen (secondary N) is 2. The van der Waals surface area contributed by atoms with E-state index in [9.17, 15) is 9.90 Å². The Kier molecular flexibility index (Phi) is 3.81. The van der Waals surface area contributed by atoms with Crippen LogP contribution in [-0.2, 0) is 12.0 Å². The van der Waals surface area contributed by atoms with Crippen molar-refractivity contribution in [1.29, 1.82) is 0 Å². The Morgan fingerprint density at radius 2 is 2.18 bits per heavy atom. The van der Waals surface area contributed by atoms with Crippen molar-refractivity contribution in [3.63, 3.8) is 0 Å². The molecule has 0 saturated carbocycles. The van der Waals surface area contributed by atoms with Gasteiger partial charge in [0.25, 0.3) is 0 Å². The van der Waals surface area contributed by atoms with E-state index in [0.29, 0.717) is 12.1 Å². The summed E-state index contributed by atoms with van der Waals surface area (Å²) in [7, 11) is 0. The lowest BCUT2D eigenvalue weighted by Gasteiger charge is -2.29. The number of anilines is 1. The third-order valence-electron chi connectivity index (χ3n) is 4.13. The summed E-state index contributed by atoms with van der Waals surface area (Å²) >= 11 is 0. The average molecular weight is 297 g/mol. The van der Waals surface area contributed by atoms with E-state index in [1.807, 2.05) is 31.2 Å². The van der Waals surface area contributed by atoms with Crippen LogP contribution < -0.4 is 10.6 Å². The number of benzene rings is 1. The zero-order valence-corrected chi connectivity index (χ0v) is 12.5. The van der Waals surface area contributed by atoms with E-state index in [1.54, 1.807) is 18.3 Å². The maximum atomic E-state index is 12.3. The Hall–Kier alpha value is -2.40. The van der Waals surface area contributed by atoms with Gasteiger partial charge in [0.2, 0.25) is 0 Å². The summed E-state index contributed by atoms with van der Waals surface area (Å²) in [5.41, 5.74) is 2.99. The number of hydrogen-bond acceptors (Lipinski definition) is 3. The van der Waals surface area contributed by atoms with Crippen LogP contribution in [0.25, 0.3) is 0 Å². The molecule has 1 aliphatic rings. The summed E-state index contributed by atoms with van der Waals surface area (Å²) in [6, 6.07) is 11.1. The molecule has 1 heterocycles. The lowest BCUT2D eigenvalue weighted by Crippen LogP contribution is -2.48. The van der Waals surface area contributed by atoms with E-state index in [2.05, 4.69) is 15.6 Å². The predicted octanol–water partition coefficient (Wildman–Crippen LogP) is 2.35. The standard InChI is InChI=1S/C17H19N3O2/c1-12-10-14(7-9-18-12)19-16(22)20-17(11-21)8-6-13-4-2-3-5-15(13)17/h2-5,7,9-10,21H,6,8,11H2,1H3,(H2,18,19,20,22). The van der Waals surface area contributed by atoms with Gasteiger partial charge in [-0.15, -0.1) is 0 Å². The molecule has 5 nitrogen and oxygen atoms in total. The molecule has 22 heavy (non-hydrogen) atoms. The molecule has 1 atom stereocenters. The highest BCUT2D eigenvalue weighted by atomic mass is 16.3. The molecule has 0 spiro atoms. The van der Waals surface area contributed by atoms with Crippen molar-refractivity contribution in [2.75, 3.05) is 11.9 Å². The first-order valence-electron chi connectivity index (χ1n) is 7.34. The third kappa shape index (κ3) is 2.67. The van der Waals surface area contributed by atoms with Crippen molar-refractivity contribution in [3.8, 4) is 0 Å².